The number of nitrogens with one attached hydrogen (secondary N) is 1. The van der Waals surface area contributed by atoms with Crippen molar-refractivity contribution in [1.29, 1.82) is 0 Å². The Hall–Kier alpha value is -3.90. The average molecular weight is 483 g/mol. The van der Waals surface area contributed by atoms with E-state index < -0.39 is 23.8 Å². The van der Waals surface area contributed by atoms with E-state index in [4.69, 9.17) is 19.9 Å². The standard InChI is InChI=1S/C23H25N5O7/c1-11-16(26-27-22(32)35-9-12-6-4-3-5-7-12)19(30)15-13(10-34-21(24)31)23(33-2)20-14(25-20)8-28(23)17(15)18(11)29/h3-7,13-14,20,25,29-30H,8-10H2,1-2H3,(H2,24,31)/t13-,14+,20+,23-/m1/s1. The Morgan fingerprint density at radius 1 is 1.23 bits per heavy atom. The van der Waals surface area contributed by atoms with Gasteiger partial charge in [0.1, 0.15) is 30.4 Å². The number of carbonyl (C=O) groups excluding carboxylic acids is 2. The van der Waals surface area contributed by atoms with E-state index in [1.807, 2.05) is 23.1 Å². The predicted molar refractivity (Wildman–Crippen MR) is 122 cm³/mol. The van der Waals surface area contributed by atoms with Crippen molar-refractivity contribution in [2.45, 2.75) is 37.3 Å². The van der Waals surface area contributed by atoms with Gasteiger partial charge in [-0.15, -0.1) is 5.11 Å². The topological polar surface area (TPSA) is 178 Å². The monoisotopic (exact) mass is 483 g/mol. The Balaban J connectivity index is 1.49. The fourth-order valence-electron chi connectivity index (χ4n) is 5.27. The minimum Gasteiger partial charge on any atom is -0.505 e. The van der Waals surface area contributed by atoms with Gasteiger partial charge in [0.05, 0.1) is 17.6 Å². The van der Waals surface area contributed by atoms with Gasteiger partial charge < -0.3 is 40.4 Å². The zero-order chi connectivity index (χ0) is 24.9. The number of hydrogen-bond acceptors (Lipinski definition) is 10. The number of aromatic hydroxyl groups is 2. The number of fused-ring (bicyclic) bond motifs is 5. The van der Waals surface area contributed by atoms with E-state index in [2.05, 4.69) is 15.5 Å². The first kappa shape index (κ1) is 22.9. The number of benzene rings is 2. The molecule has 2 amide bonds. The molecule has 35 heavy (non-hydrogen) atoms. The van der Waals surface area contributed by atoms with Crippen LogP contribution >= 0.6 is 0 Å². The molecule has 0 saturated carbocycles. The molecule has 0 aromatic heterocycles. The second-order valence-electron chi connectivity index (χ2n) is 8.67. The number of carbonyl (C=O) groups is 2. The molecule has 2 saturated heterocycles. The molecule has 12 heteroatoms. The molecule has 0 radical (unpaired) electrons. The van der Waals surface area contributed by atoms with Crippen LogP contribution in [0.4, 0.5) is 21.0 Å². The summed E-state index contributed by atoms with van der Waals surface area (Å²) >= 11 is 0. The van der Waals surface area contributed by atoms with Crippen LogP contribution in [0.15, 0.2) is 40.6 Å². The maximum absolute atomic E-state index is 12.1. The van der Waals surface area contributed by atoms with Crippen molar-refractivity contribution in [1.82, 2.24) is 5.32 Å². The zero-order valence-corrected chi connectivity index (χ0v) is 19.1. The molecule has 5 rings (SSSR count). The highest BCUT2D eigenvalue weighted by atomic mass is 16.6. The van der Waals surface area contributed by atoms with Crippen molar-refractivity contribution < 1.29 is 34.0 Å². The van der Waals surface area contributed by atoms with Gasteiger partial charge in [0, 0.05) is 30.8 Å². The summed E-state index contributed by atoms with van der Waals surface area (Å²) in [6, 6.07) is 9.08. The van der Waals surface area contributed by atoms with Crippen molar-refractivity contribution in [2.24, 2.45) is 16.0 Å². The van der Waals surface area contributed by atoms with Crippen LogP contribution in [0.1, 0.15) is 22.6 Å². The summed E-state index contributed by atoms with van der Waals surface area (Å²) in [7, 11) is 1.52. The number of phenols is 2. The second-order valence-corrected chi connectivity index (χ2v) is 8.67. The number of methoxy groups -OCH3 is 1. The van der Waals surface area contributed by atoms with Gasteiger partial charge in [-0.05, 0) is 12.5 Å². The van der Waals surface area contributed by atoms with Gasteiger partial charge in [-0.1, -0.05) is 35.4 Å². The number of azo groups is 1. The number of nitrogens with two attached hydrogens (primary N) is 1. The van der Waals surface area contributed by atoms with E-state index >= 15 is 0 Å². The van der Waals surface area contributed by atoms with Crippen molar-refractivity contribution in [3.63, 3.8) is 0 Å². The summed E-state index contributed by atoms with van der Waals surface area (Å²) in [6.45, 7) is 1.86. The van der Waals surface area contributed by atoms with Crippen molar-refractivity contribution in [3.05, 3.63) is 47.0 Å². The van der Waals surface area contributed by atoms with E-state index in [0.717, 1.165) is 5.56 Å². The lowest BCUT2D eigenvalue weighted by Gasteiger charge is -2.38. The first-order valence-electron chi connectivity index (χ1n) is 11.0. The van der Waals surface area contributed by atoms with Gasteiger partial charge in [-0.25, -0.2) is 9.59 Å². The largest absolute Gasteiger partial charge is 0.505 e. The summed E-state index contributed by atoms with van der Waals surface area (Å²) in [6.07, 6.45) is -1.94. The molecule has 0 aliphatic carbocycles. The van der Waals surface area contributed by atoms with E-state index in [-0.39, 0.29) is 53.6 Å². The lowest BCUT2D eigenvalue weighted by atomic mass is 9.88. The third-order valence-corrected chi connectivity index (χ3v) is 6.88. The Morgan fingerprint density at radius 3 is 2.66 bits per heavy atom. The van der Waals surface area contributed by atoms with Crippen LogP contribution in [0, 0.1) is 6.92 Å². The van der Waals surface area contributed by atoms with Crippen LogP contribution in [0.5, 0.6) is 11.5 Å². The summed E-state index contributed by atoms with van der Waals surface area (Å²) < 4.78 is 16.2. The van der Waals surface area contributed by atoms with Gasteiger partial charge in [0.25, 0.3) is 0 Å². The Bertz CT molecular complexity index is 1220. The number of primary amides is 1. The maximum Gasteiger partial charge on any atom is 0.452 e. The molecule has 5 N–H and O–H groups in total. The van der Waals surface area contributed by atoms with E-state index in [1.54, 1.807) is 19.1 Å². The van der Waals surface area contributed by atoms with Crippen molar-refractivity contribution in [2.75, 3.05) is 25.2 Å². The number of amides is 2. The minimum absolute atomic E-state index is 0.00645. The van der Waals surface area contributed by atoms with Crippen molar-refractivity contribution in [3.8, 4) is 11.5 Å². The molecule has 2 aromatic rings. The highest BCUT2D eigenvalue weighted by Crippen LogP contribution is 2.64. The maximum atomic E-state index is 12.1. The molecular weight excluding hydrogens is 458 g/mol. The first-order valence-corrected chi connectivity index (χ1v) is 11.0. The molecule has 3 aliphatic rings. The third kappa shape index (κ3) is 3.53. The summed E-state index contributed by atoms with van der Waals surface area (Å²) in [5.74, 6) is -1.16. The number of ether oxygens (including phenoxy) is 3. The second kappa shape index (κ2) is 8.40. The molecule has 3 aliphatic heterocycles. The summed E-state index contributed by atoms with van der Waals surface area (Å²) in [5.41, 5.74) is 5.71. The number of anilines is 1. The number of hydrogen-bond donors (Lipinski definition) is 4. The van der Waals surface area contributed by atoms with Gasteiger partial charge >= 0.3 is 12.2 Å². The normalized spacial score (nSPS) is 25.8. The molecule has 2 aromatic carbocycles. The Kier molecular flexibility index (Phi) is 5.49. The lowest BCUT2D eigenvalue weighted by molar-refractivity contribution is -0.0337. The van der Waals surface area contributed by atoms with Gasteiger partial charge in [-0.2, -0.15) is 0 Å². The fourth-order valence-corrected chi connectivity index (χ4v) is 5.27. The SMILES string of the molecule is CO[C@@]12[C@H](COC(N)=O)c3c(O)c(N=NC(=O)OCc4ccccc4)c(C)c(O)c3N1C[C@@H]1N[C@@H]12. The van der Waals surface area contributed by atoms with Crippen LogP contribution in [-0.2, 0) is 20.8 Å². The van der Waals surface area contributed by atoms with Crippen LogP contribution in [0.25, 0.3) is 0 Å². The van der Waals surface area contributed by atoms with E-state index in [1.165, 1.54) is 7.11 Å². The van der Waals surface area contributed by atoms with Gasteiger partial charge in [-0.3, -0.25) is 0 Å². The van der Waals surface area contributed by atoms with Crippen LogP contribution < -0.4 is 16.0 Å². The average Bonchev–Trinajstić information content (AvgIpc) is 3.46. The number of rotatable bonds is 6. The van der Waals surface area contributed by atoms with E-state index in [0.29, 0.717) is 12.2 Å². The summed E-state index contributed by atoms with van der Waals surface area (Å²) in [4.78, 5) is 25.4. The van der Waals surface area contributed by atoms with Crippen LogP contribution in [0.3, 0.4) is 0 Å². The molecule has 2 fully saturated rings. The number of phenolic OH excluding ortho intramolecular Hbond substituents is 2. The van der Waals surface area contributed by atoms with Crippen LogP contribution in [-0.4, -0.2) is 60.5 Å². The lowest BCUT2D eigenvalue weighted by Crippen LogP contribution is -2.54. The summed E-state index contributed by atoms with van der Waals surface area (Å²) in [5, 5.41) is 33.1. The molecule has 0 spiro atoms. The number of piperazine rings is 1. The quantitative estimate of drug-likeness (QED) is 0.273. The third-order valence-electron chi connectivity index (χ3n) is 6.88. The Labute approximate surface area is 200 Å². The molecule has 3 heterocycles. The van der Waals surface area contributed by atoms with Gasteiger partial charge in [0.15, 0.2) is 5.72 Å². The van der Waals surface area contributed by atoms with E-state index in [9.17, 15) is 19.8 Å². The highest BCUT2D eigenvalue weighted by molar-refractivity contribution is 5.85. The molecule has 184 valence electrons. The zero-order valence-electron chi connectivity index (χ0n) is 19.1. The van der Waals surface area contributed by atoms with Crippen molar-refractivity contribution >= 4 is 23.6 Å². The first-order chi connectivity index (χ1) is 16.8. The minimum atomic E-state index is -1.02. The number of nitrogens with zero attached hydrogens (tertiary/aromatic N) is 3. The predicted octanol–water partition coefficient (Wildman–Crippen LogP) is 2.52. The molecular formula is C23H25N5O7. The fraction of sp³-hybridized carbons (Fsp3) is 0.391. The highest BCUT2D eigenvalue weighted by Gasteiger charge is 2.71. The smallest absolute Gasteiger partial charge is 0.452 e. The van der Waals surface area contributed by atoms with Gasteiger partial charge in [0.2, 0.25) is 0 Å². The van der Waals surface area contributed by atoms with Crippen LogP contribution in [0.2, 0.25) is 0 Å². The molecule has 4 atom stereocenters. The molecule has 0 unspecified atom stereocenters. The molecule has 0 bridgehead atoms. The molecule has 12 nitrogen and oxygen atoms in total. The Morgan fingerprint density at radius 2 is 1.97 bits per heavy atom.